The molecule has 1 aromatic rings. The number of methoxy groups -OCH3 is 1. The number of hydrogen-bond acceptors (Lipinski definition) is 4. The number of hydrogen-bond donors (Lipinski definition) is 1. The Morgan fingerprint density at radius 2 is 1.84 bits per heavy atom. The molecule has 1 fully saturated rings. The van der Waals surface area contributed by atoms with E-state index >= 15 is 0 Å². The first-order valence-corrected chi connectivity index (χ1v) is 11.9. The molecule has 0 radical (unpaired) electrons. The fourth-order valence-corrected chi connectivity index (χ4v) is 4.95. The molecular weight excluding hydrogens is 390 g/mol. The zero-order valence-electron chi connectivity index (χ0n) is 18.9. The lowest BCUT2D eigenvalue weighted by Crippen LogP contribution is -2.55. The van der Waals surface area contributed by atoms with Crippen LogP contribution in [0.4, 0.5) is 4.79 Å². The Labute approximate surface area is 186 Å². The summed E-state index contributed by atoms with van der Waals surface area (Å²) < 4.78 is 10.7. The maximum absolute atomic E-state index is 13.1. The van der Waals surface area contributed by atoms with E-state index in [1.54, 1.807) is 0 Å². The predicted molar refractivity (Wildman–Crippen MR) is 121 cm³/mol. The third-order valence-electron chi connectivity index (χ3n) is 6.75. The third kappa shape index (κ3) is 7.12. The van der Waals surface area contributed by atoms with Crippen molar-refractivity contribution in [1.82, 2.24) is 5.32 Å². The van der Waals surface area contributed by atoms with Crippen LogP contribution in [0.3, 0.4) is 0 Å². The Kier molecular flexibility index (Phi) is 8.98. The van der Waals surface area contributed by atoms with Crippen LogP contribution in [0, 0.1) is 5.92 Å². The molecule has 3 rings (SSSR count). The van der Waals surface area contributed by atoms with Crippen LogP contribution < -0.4 is 5.32 Å². The molecule has 0 spiro atoms. The number of esters is 1. The lowest BCUT2D eigenvalue weighted by Gasteiger charge is -2.35. The molecule has 5 nitrogen and oxygen atoms in total. The molecule has 1 unspecified atom stereocenters. The first kappa shape index (κ1) is 23.4. The van der Waals surface area contributed by atoms with Gasteiger partial charge in [0.2, 0.25) is 0 Å². The molecule has 1 atom stereocenters. The lowest BCUT2D eigenvalue weighted by atomic mass is 9.78. The van der Waals surface area contributed by atoms with E-state index in [1.807, 2.05) is 30.3 Å². The normalized spacial score (nSPS) is 19.1. The SMILES string of the molecule is COC(=O)C(CCC1CCCCC1)(CC1=CCCCC1)NC(=O)OCc1ccccc1. The molecule has 2 aliphatic carbocycles. The van der Waals surface area contributed by atoms with Crippen molar-refractivity contribution in [2.45, 2.75) is 89.2 Å². The van der Waals surface area contributed by atoms with Crippen molar-refractivity contribution >= 4 is 12.1 Å². The first-order chi connectivity index (χ1) is 15.1. The highest BCUT2D eigenvalue weighted by molar-refractivity contribution is 5.86. The molecular formula is C26H37NO4. The molecule has 2 aliphatic rings. The van der Waals surface area contributed by atoms with Crippen LogP contribution in [0.25, 0.3) is 0 Å². The van der Waals surface area contributed by atoms with Crippen molar-refractivity contribution < 1.29 is 19.1 Å². The summed E-state index contributed by atoms with van der Waals surface area (Å²) in [5, 5.41) is 2.96. The van der Waals surface area contributed by atoms with Crippen molar-refractivity contribution in [3.05, 3.63) is 47.5 Å². The summed E-state index contributed by atoms with van der Waals surface area (Å²) in [7, 11) is 1.41. The van der Waals surface area contributed by atoms with E-state index in [2.05, 4.69) is 11.4 Å². The number of alkyl carbamates (subject to hydrolysis) is 1. The highest BCUT2D eigenvalue weighted by atomic mass is 16.6. The van der Waals surface area contributed by atoms with Crippen LogP contribution in [0.1, 0.15) is 82.6 Å². The fraction of sp³-hybridized carbons (Fsp3) is 0.615. The standard InChI is InChI=1S/C26H37NO4/c1-30-24(28)26(19-22-13-7-3-8-14-22,18-17-21-11-5-2-6-12-21)27-25(29)31-20-23-15-9-4-10-16-23/h4,9-10,13,15-16,21H,2-3,5-8,11-12,14,17-20H2,1H3,(H,27,29). The van der Waals surface area contributed by atoms with Gasteiger partial charge in [-0.25, -0.2) is 9.59 Å². The van der Waals surface area contributed by atoms with E-state index in [1.165, 1.54) is 51.2 Å². The van der Waals surface area contributed by atoms with Gasteiger partial charge in [0, 0.05) is 6.42 Å². The van der Waals surface area contributed by atoms with Crippen molar-refractivity contribution in [3.63, 3.8) is 0 Å². The van der Waals surface area contributed by atoms with Gasteiger partial charge in [-0.1, -0.05) is 74.1 Å². The molecule has 1 N–H and O–H groups in total. The number of allylic oxidation sites excluding steroid dienone is 1. The molecule has 5 heteroatoms. The summed E-state index contributed by atoms with van der Waals surface area (Å²) in [6, 6.07) is 9.58. The molecule has 1 amide bonds. The lowest BCUT2D eigenvalue weighted by molar-refractivity contribution is -0.149. The van der Waals surface area contributed by atoms with Crippen LogP contribution in [0.2, 0.25) is 0 Å². The van der Waals surface area contributed by atoms with Crippen LogP contribution in [-0.2, 0) is 20.9 Å². The maximum atomic E-state index is 13.1. The van der Waals surface area contributed by atoms with E-state index in [4.69, 9.17) is 9.47 Å². The van der Waals surface area contributed by atoms with Crippen LogP contribution in [0.15, 0.2) is 42.0 Å². The van der Waals surface area contributed by atoms with Gasteiger partial charge in [-0.2, -0.15) is 0 Å². The molecule has 31 heavy (non-hydrogen) atoms. The van der Waals surface area contributed by atoms with Crippen molar-refractivity contribution in [1.29, 1.82) is 0 Å². The summed E-state index contributed by atoms with van der Waals surface area (Å²) in [6.07, 6.45) is 14.2. The second-order valence-electron chi connectivity index (χ2n) is 9.09. The Morgan fingerprint density at radius 3 is 2.52 bits per heavy atom. The largest absolute Gasteiger partial charge is 0.467 e. The second kappa shape index (κ2) is 11.9. The quantitative estimate of drug-likeness (QED) is 0.383. The Hall–Kier alpha value is -2.30. The van der Waals surface area contributed by atoms with E-state index in [-0.39, 0.29) is 12.6 Å². The number of carbonyl (C=O) groups excluding carboxylic acids is 2. The number of benzene rings is 1. The third-order valence-corrected chi connectivity index (χ3v) is 6.75. The molecule has 170 valence electrons. The van der Waals surface area contributed by atoms with Crippen molar-refractivity contribution in [3.8, 4) is 0 Å². The molecule has 1 saturated carbocycles. The van der Waals surface area contributed by atoms with Crippen molar-refractivity contribution in [2.24, 2.45) is 5.92 Å². The topological polar surface area (TPSA) is 64.6 Å². The van der Waals surface area contributed by atoms with Gasteiger partial charge in [-0.05, 0) is 50.0 Å². The Balaban J connectivity index is 1.72. The molecule has 0 aromatic heterocycles. The monoisotopic (exact) mass is 427 g/mol. The summed E-state index contributed by atoms with van der Waals surface area (Å²) >= 11 is 0. The number of carbonyl (C=O) groups is 2. The maximum Gasteiger partial charge on any atom is 0.408 e. The second-order valence-corrected chi connectivity index (χ2v) is 9.09. The summed E-state index contributed by atoms with van der Waals surface area (Å²) in [6.45, 7) is 0.176. The highest BCUT2D eigenvalue weighted by Gasteiger charge is 2.42. The molecule has 0 heterocycles. The highest BCUT2D eigenvalue weighted by Crippen LogP contribution is 2.34. The van der Waals surface area contributed by atoms with Gasteiger partial charge in [0.05, 0.1) is 7.11 Å². The van der Waals surface area contributed by atoms with Crippen LogP contribution >= 0.6 is 0 Å². The zero-order valence-corrected chi connectivity index (χ0v) is 18.9. The van der Waals surface area contributed by atoms with Gasteiger partial charge >= 0.3 is 12.1 Å². The Morgan fingerprint density at radius 1 is 1.06 bits per heavy atom. The van der Waals surface area contributed by atoms with E-state index in [0.717, 1.165) is 31.2 Å². The fourth-order valence-electron chi connectivity index (χ4n) is 4.95. The van der Waals surface area contributed by atoms with Crippen LogP contribution in [0.5, 0.6) is 0 Å². The Bertz CT molecular complexity index is 739. The summed E-state index contributed by atoms with van der Waals surface area (Å²) in [4.78, 5) is 25.9. The molecule has 0 aliphatic heterocycles. The number of rotatable bonds is 9. The van der Waals surface area contributed by atoms with Gasteiger partial charge < -0.3 is 14.8 Å². The minimum absolute atomic E-state index is 0.176. The minimum Gasteiger partial charge on any atom is -0.467 e. The molecule has 0 saturated heterocycles. The zero-order chi connectivity index (χ0) is 21.9. The van der Waals surface area contributed by atoms with E-state index < -0.39 is 11.6 Å². The minimum atomic E-state index is -1.07. The average Bonchev–Trinajstić information content (AvgIpc) is 2.82. The summed E-state index contributed by atoms with van der Waals surface area (Å²) in [5.74, 6) is 0.242. The van der Waals surface area contributed by atoms with Gasteiger partial charge in [0.25, 0.3) is 0 Å². The number of amides is 1. The van der Waals surface area contributed by atoms with Gasteiger partial charge in [0.1, 0.15) is 12.1 Å². The number of nitrogens with one attached hydrogen (secondary N) is 1. The molecule has 0 bridgehead atoms. The van der Waals surface area contributed by atoms with Gasteiger partial charge in [-0.3, -0.25) is 0 Å². The first-order valence-electron chi connectivity index (χ1n) is 11.9. The van der Waals surface area contributed by atoms with Crippen molar-refractivity contribution in [2.75, 3.05) is 7.11 Å². The molecule has 1 aromatic carbocycles. The smallest absolute Gasteiger partial charge is 0.408 e. The summed E-state index contributed by atoms with van der Waals surface area (Å²) in [5.41, 5.74) is 1.09. The predicted octanol–water partition coefficient (Wildman–Crippen LogP) is 6.08. The number of ether oxygens (including phenoxy) is 2. The van der Waals surface area contributed by atoms with Gasteiger partial charge in [0.15, 0.2) is 0 Å². The van der Waals surface area contributed by atoms with E-state index in [9.17, 15) is 9.59 Å². The van der Waals surface area contributed by atoms with Gasteiger partial charge in [-0.15, -0.1) is 0 Å². The van der Waals surface area contributed by atoms with E-state index in [0.29, 0.717) is 18.8 Å². The average molecular weight is 428 g/mol. The van der Waals surface area contributed by atoms with Crippen LogP contribution in [-0.4, -0.2) is 24.7 Å².